The lowest BCUT2D eigenvalue weighted by molar-refractivity contribution is -0.136. The molecule has 3 aromatic carbocycles. The highest BCUT2D eigenvalue weighted by Gasteiger charge is 2.31. The number of ether oxygens (including phenoxy) is 2. The zero-order valence-corrected chi connectivity index (χ0v) is 25.3. The summed E-state index contributed by atoms with van der Waals surface area (Å²) in [6, 6.07) is 15.1. The van der Waals surface area contributed by atoms with Crippen LogP contribution in [0.25, 0.3) is 22.3 Å². The first kappa shape index (κ1) is 30.8. The van der Waals surface area contributed by atoms with Gasteiger partial charge in [0.05, 0.1) is 12.2 Å². The molecule has 1 atom stereocenters. The molecule has 2 aromatic heterocycles. The quantitative estimate of drug-likeness (QED) is 0.164. The summed E-state index contributed by atoms with van der Waals surface area (Å²) in [5.74, 6) is -1.57. The van der Waals surface area contributed by atoms with E-state index < -0.39 is 29.1 Å². The van der Waals surface area contributed by atoms with Crippen LogP contribution in [-0.4, -0.2) is 45.3 Å². The molecule has 6 rings (SSSR count). The maximum atomic E-state index is 15.4. The number of aryl methyl sites for hydroxylation is 1. The van der Waals surface area contributed by atoms with Crippen molar-refractivity contribution in [3.8, 4) is 22.9 Å². The number of carbonyl (C=O) groups is 2. The highest BCUT2D eigenvalue weighted by Crippen LogP contribution is 2.39. The van der Waals surface area contributed by atoms with Crippen molar-refractivity contribution in [2.75, 3.05) is 13.2 Å². The predicted molar refractivity (Wildman–Crippen MR) is 168 cm³/mol. The lowest BCUT2D eigenvalue weighted by Crippen LogP contribution is -2.27. The molecule has 0 aliphatic carbocycles. The van der Waals surface area contributed by atoms with Crippen LogP contribution in [0, 0.1) is 11.6 Å². The molecule has 1 unspecified atom stereocenters. The average molecular weight is 629 g/mol. The minimum Gasteiger partial charge on any atom is -0.481 e. The summed E-state index contributed by atoms with van der Waals surface area (Å²) in [7, 11) is 0. The summed E-state index contributed by atoms with van der Waals surface area (Å²) < 4.78 is 42.2. The van der Waals surface area contributed by atoms with Crippen molar-refractivity contribution in [3.05, 3.63) is 101 Å². The largest absolute Gasteiger partial charge is 0.481 e. The third kappa shape index (κ3) is 6.44. The average Bonchev–Trinajstić information content (AvgIpc) is 3.72. The molecule has 1 aliphatic heterocycles. The number of carboxylic acids is 1. The molecule has 0 fully saturated rings. The van der Waals surface area contributed by atoms with Crippen LogP contribution in [0.5, 0.6) is 11.5 Å². The number of aromatic amines is 2. The molecule has 46 heavy (non-hydrogen) atoms. The lowest BCUT2D eigenvalue weighted by atomic mass is 9.75. The third-order valence-corrected chi connectivity index (χ3v) is 8.60. The Bertz CT molecular complexity index is 1900. The molecule has 9 nitrogen and oxygen atoms in total. The number of cyclic esters (lactones) is 1. The SMILES string of the molecule is CC1(c2cccc(CCC(=O)O)c2)CCCCNC(=O)OCCc2c(c(F)cc3[nH]ccc23)Oc2ccc(F)c(c2)-c2ncc1[nH]2. The van der Waals surface area contributed by atoms with Gasteiger partial charge in [0.1, 0.15) is 17.4 Å². The van der Waals surface area contributed by atoms with E-state index >= 15 is 8.78 Å². The second-order valence-electron chi connectivity index (χ2n) is 11.7. The minimum absolute atomic E-state index is 0.00817. The molecule has 0 saturated carbocycles. The highest BCUT2D eigenvalue weighted by molar-refractivity contribution is 5.85. The number of imidazole rings is 1. The van der Waals surface area contributed by atoms with Crippen LogP contribution in [0.1, 0.15) is 55.0 Å². The molecular formula is C35H34F2N4O5. The standard InChI is InChI=1S/C35H34F2N4O5/c1-35(22-6-4-5-21(17-22)7-10-31(42)43)13-2-3-14-39-34(44)45-16-12-25-24-11-15-38-29(24)19-28(37)32(25)46-23-8-9-27(36)26(18-23)33-40-20-30(35)41-33/h4-6,8-9,11,15,17-20,38H,2-3,7,10,12-14,16H2,1H3,(H,39,44)(H,40,41)(H,42,43). The molecule has 238 valence electrons. The Labute approximate surface area is 264 Å². The minimum atomic E-state index is -0.870. The van der Waals surface area contributed by atoms with Gasteiger partial charge in [-0.3, -0.25) is 4.79 Å². The fraction of sp³-hybridized carbons (Fsp3) is 0.286. The van der Waals surface area contributed by atoms with Gasteiger partial charge in [-0.2, -0.15) is 0 Å². The Morgan fingerprint density at radius 3 is 2.80 bits per heavy atom. The van der Waals surface area contributed by atoms with Gasteiger partial charge in [0.2, 0.25) is 0 Å². The molecule has 4 N–H and O–H groups in total. The summed E-state index contributed by atoms with van der Waals surface area (Å²) in [6.45, 7) is 2.43. The molecule has 1 amide bonds. The van der Waals surface area contributed by atoms with Crippen LogP contribution in [0.2, 0.25) is 0 Å². The van der Waals surface area contributed by atoms with Crippen molar-refractivity contribution in [1.82, 2.24) is 20.3 Å². The van der Waals surface area contributed by atoms with Crippen LogP contribution >= 0.6 is 0 Å². The summed E-state index contributed by atoms with van der Waals surface area (Å²) in [5, 5.41) is 12.7. The fourth-order valence-corrected chi connectivity index (χ4v) is 6.03. The third-order valence-electron chi connectivity index (χ3n) is 8.60. The number of carboxylic acid groups (broad SMARTS) is 1. The normalized spacial score (nSPS) is 17.5. The van der Waals surface area contributed by atoms with Gasteiger partial charge in [0.25, 0.3) is 0 Å². The van der Waals surface area contributed by atoms with Crippen molar-refractivity contribution in [2.45, 2.75) is 50.9 Å². The molecule has 3 heterocycles. The second-order valence-corrected chi connectivity index (χ2v) is 11.7. The molecule has 0 radical (unpaired) electrons. The van der Waals surface area contributed by atoms with E-state index in [4.69, 9.17) is 9.47 Å². The topological polar surface area (TPSA) is 129 Å². The van der Waals surface area contributed by atoms with E-state index in [2.05, 4.69) is 27.2 Å². The number of halogens is 2. The molecule has 4 bridgehead atoms. The van der Waals surface area contributed by atoms with Gasteiger partial charge in [0.15, 0.2) is 11.6 Å². The van der Waals surface area contributed by atoms with Crippen molar-refractivity contribution >= 4 is 23.0 Å². The zero-order chi connectivity index (χ0) is 32.3. The Hall–Kier alpha value is -5.19. The van der Waals surface area contributed by atoms with Crippen LogP contribution in [0.3, 0.4) is 0 Å². The van der Waals surface area contributed by atoms with Gasteiger partial charge in [-0.1, -0.05) is 30.7 Å². The van der Waals surface area contributed by atoms with Crippen molar-refractivity contribution < 1.29 is 33.0 Å². The number of H-pyrrole nitrogens is 2. The summed E-state index contributed by atoms with van der Waals surface area (Å²) in [6.07, 6.45) is 5.42. The summed E-state index contributed by atoms with van der Waals surface area (Å²) in [5.41, 5.74) is 3.20. The highest BCUT2D eigenvalue weighted by atomic mass is 19.1. The lowest BCUT2D eigenvalue weighted by Gasteiger charge is -2.30. The molecule has 11 heteroatoms. The van der Waals surface area contributed by atoms with Crippen LogP contribution in [0.4, 0.5) is 13.6 Å². The first-order valence-corrected chi connectivity index (χ1v) is 15.2. The van der Waals surface area contributed by atoms with Crippen molar-refractivity contribution in [1.29, 1.82) is 0 Å². The number of hydrogen-bond donors (Lipinski definition) is 4. The van der Waals surface area contributed by atoms with Gasteiger partial charge in [0, 0.05) is 65.4 Å². The Kier molecular flexibility index (Phi) is 8.74. The molecule has 1 aliphatic rings. The van der Waals surface area contributed by atoms with Crippen LogP contribution < -0.4 is 10.1 Å². The van der Waals surface area contributed by atoms with Gasteiger partial charge in [-0.25, -0.2) is 18.6 Å². The maximum absolute atomic E-state index is 15.4. The number of amides is 1. The Morgan fingerprint density at radius 1 is 1.09 bits per heavy atom. The Balaban J connectivity index is 1.41. The zero-order valence-electron chi connectivity index (χ0n) is 25.3. The monoisotopic (exact) mass is 628 g/mol. The predicted octanol–water partition coefficient (Wildman–Crippen LogP) is 7.40. The van der Waals surface area contributed by atoms with E-state index in [0.717, 1.165) is 28.6 Å². The first-order valence-electron chi connectivity index (χ1n) is 15.2. The smallest absolute Gasteiger partial charge is 0.407 e. The van der Waals surface area contributed by atoms with Crippen LogP contribution in [-0.2, 0) is 27.8 Å². The maximum Gasteiger partial charge on any atom is 0.407 e. The van der Waals surface area contributed by atoms with Gasteiger partial charge in [-0.15, -0.1) is 0 Å². The van der Waals surface area contributed by atoms with Crippen molar-refractivity contribution in [2.24, 2.45) is 0 Å². The number of carbonyl (C=O) groups excluding carboxylic acids is 1. The Morgan fingerprint density at radius 2 is 1.96 bits per heavy atom. The number of alkyl carbamates (subject to hydrolysis) is 1. The number of rotatable bonds is 4. The first-order chi connectivity index (χ1) is 22.2. The van der Waals surface area contributed by atoms with E-state index in [1.807, 2.05) is 24.3 Å². The number of aromatic nitrogens is 3. The summed E-state index contributed by atoms with van der Waals surface area (Å²) >= 11 is 0. The van der Waals surface area contributed by atoms with Crippen LogP contribution in [0.15, 0.2) is 67.0 Å². The molecular weight excluding hydrogens is 594 g/mol. The molecule has 0 spiro atoms. The number of aliphatic carboxylic acids is 1. The van der Waals surface area contributed by atoms with Crippen molar-refractivity contribution in [3.63, 3.8) is 0 Å². The van der Waals surface area contributed by atoms with E-state index in [1.54, 1.807) is 18.5 Å². The van der Waals surface area contributed by atoms with E-state index in [1.165, 1.54) is 24.3 Å². The van der Waals surface area contributed by atoms with Gasteiger partial charge < -0.3 is 29.9 Å². The molecule has 5 aromatic rings. The number of benzene rings is 3. The number of fused-ring (bicyclic) bond motifs is 8. The van der Waals surface area contributed by atoms with E-state index in [0.29, 0.717) is 36.9 Å². The van der Waals surface area contributed by atoms with Gasteiger partial charge in [-0.05, 0) is 61.6 Å². The second kappa shape index (κ2) is 13.0. The fourth-order valence-electron chi connectivity index (χ4n) is 6.03. The van der Waals surface area contributed by atoms with Gasteiger partial charge >= 0.3 is 12.1 Å². The molecule has 0 saturated heterocycles. The van der Waals surface area contributed by atoms with E-state index in [-0.39, 0.29) is 42.3 Å². The van der Waals surface area contributed by atoms with E-state index in [9.17, 15) is 14.7 Å². The number of nitrogens with one attached hydrogen (secondary N) is 3. The number of nitrogens with zero attached hydrogens (tertiary/aromatic N) is 1. The number of hydrogen-bond acceptors (Lipinski definition) is 5. The summed E-state index contributed by atoms with van der Waals surface area (Å²) in [4.78, 5) is 34.6.